The molecule has 0 bridgehead atoms. The van der Waals surface area contributed by atoms with Crippen molar-refractivity contribution in [3.05, 3.63) is 28.8 Å². The van der Waals surface area contributed by atoms with Gasteiger partial charge >= 0.3 is 0 Å². The van der Waals surface area contributed by atoms with Gasteiger partial charge in [-0.15, -0.1) is 0 Å². The number of hydrogen-bond donors (Lipinski definition) is 1. The summed E-state index contributed by atoms with van der Waals surface area (Å²) in [5, 5.41) is 3.61. The van der Waals surface area contributed by atoms with Crippen molar-refractivity contribution >= 4 is 0 Å². The zero-order chi connectivity index (χ0) is 14.8. The zero-order valence-electron chi connectivity index (χ0n) is 13.4. The second-order valence-corrected chi connectivity index (χ2v) is 5.95. The Labute approximate surface area is 122 Å². The summed E-state index contributed by atoms with van der Waals surface area (Å²) in [4.78, 5) is 0. The van der Waals surface area contributed by atoms with Crippen LogP contribution in [0.3, 0.4) is 0 Å². The molecule has 1 saturated heterocycles. The molecular formula is C17H27NO2. The van der Waals surface area contributed by atoms with Crippen LogP contribution in [-0.2, 0) is 4.74 Å². The monoisotopic (exact) mass is 277 g/mol. The predicted molar refractivity (Wildman–Crippen MR) is 82.5 cm³/mol. The van der Waals surface area contributed by atoms with Gasteiger partial charge < -0.3 is 14.8 Å². The van der Waals surface area contributed by atoms with E-state index in [9.17, 15) is 0 Å². The van der Waals surface area contributed by atoms with Crippen LogP contribution in [0.4, 0.5) is 0 Å². The van der Waals surface area contributed by atoms with Crippen LogP contribution in [0.5, 0.6) is 5.75 Å². The maximum absolute atomic E-state index is 6.08. The molecule has 1 aliphatic heterocycles. The lowest BCUT2D eigenvalue weighted by Gasteiger charge is -2.36. The van der Waals surface area contributed by atoms with Gasteiger partial charge in [0.25, 0.3) is 0 Å². The third kappa shape index (κ3) is 2.84. The maximum Gasteiger partial charge on any atom is 0.124 e. The summed E-state index contributed by atoms with van der Waals surface area (Å²) in [6.07, 6.45) is 2.22. The normalized spacial score (nSPS) is 23.9. The van der Waals surface area contributed by atoms with Gasteiger partial charge in [-0.1, -0.05) is 13.0 Å². The lowest BCUT2D eigenvalue weighted by atomic mass is 9.84. The van der Waals surface area contributed by atoms with Crippen molar-refractivity contribution in [2.45, 2.75) is 52.2 Å². The molecule has 1 aliphatic rings. The lowest BCUT2D eigenvalue weighted by molar-refractivity contribution is -0.0128. The molecule has 1 heterocycles. The van der Waals surface area contributed by atoms with Crippen LogP contribution in [0, 0.1) is 13.8 Å². The van der Waals surface area contributed by atoms with Gasteiger partial charge in [-0.05, 0) is 57.4 Å². The molecule has 1 fully saturated rings. The van der Waals surface area contributed by atoms with Crippen LogP contribution in [0.2, 0.25) is 0 Å². The third-order valence-corrected chi connectivity index (χ3v) is 4.27. The Bertz CT molecular complexity index is 464. The SMILES string of the molecule is CCNC(c1c(C)cc(C)cc1OC)C1(C)CCCO1. The lowest BCUT2D eigenvalue weighted by Crippen LogP contribution is -2.41. The first kappa shape index (κ1) is 15.3. The number of ether oxygens (including phenoxy) is 2. The van der Waals surface area contributed by atoms with Crippen molar-refractivity contribution in [1.29, 1.82) is 0 Å². The molecule has 2 atom stereocenters. The summed E-state index contributed by atoms with van der Waals surface area (Å²) in [6, 6.07) is 4.51. The summed E-state index contributed by atoms with van der Waals surface area (Å²) in [5.74, 6) is 0.963. The highest BCUT2D eigenvalue weighted by Crippen LogP contribution is 2.42. The molecule has 3 nitrogen and oxygen atoms in total. The Balaban J connectivity index is 2.48. The van der Waals surface area contributed by atoms with E-state index in [1.54, 1.807) is 7.11 Å². The van der Waals surface area contributed by atoms with Crippen molar-refractivity contribution in [3.8, 4) is 5.75 Å². The maximum atomic E-state index is 6.08. The first-order chi connectivity index (χ1) is 9.51. The second-order valence-electron chi connectivity index (χ2n) is 5.95. The number of benzene rings is 1. The Hall–Kier alpha value is -1.06. The standard InChI is InChI=1S/C17H27NO2/c1-6-18-16(17(4)8-7-9-20-17)15-13(3)10-12(2)11-14(15)19-5/h10-11,16,18H,6-9H2,1-5H3. The van der Waals surface area contributed by atoms with E-state index in [1.807, 2.05) is 0 Å². The van der Waals surface area contributed by atoms with Crippen LogP contribution in [0.15, 0.2) is 12.1 Å². The highest BCUT2D eigenvalue weighted by atomic mass is 16.5. The van der Waals surface area contributed by atoms with E-state index in [1.165, 1.54) is 16.7 Å². The van der Waals surface area contributed by atoms with Crippen LogP contribution in [0.25, 0.3) is 0 Å². The molecule has 3 heteroatoms. The quantitative estimate of drug-likeness (QED) is 0.893. The molecule has 1 aromatic rings. The summed E-state index contributed by atoms with van der Waals surface area (Å²) < 4.78 is 11.7. The van der Waals surface area contributed by atoms with Gasteiger partial charge in [0.05, 0.1) is 18.8 Å². The topological polar surface area (TPSA) is 30.5 Å². The van der Waals surface area contributed by atoms with Crippen molar-refractivity contribution in [1.82, 2.24) is 5.32 Å². The molecule has 20 heavy (non-hydrogen) atoms. The smallest absolute Gasteiger partial charge is 0.124 e. The second kappa shape index (κ2) is 6.15. The van der Waals surface area contributed by atoms with Gasteiger partial charge in [0.15, 0.2) is 0 Å². The number of likely N-dealkylation sites (N-methyl/N-ethyl adjacent to an activating group) is 1. The molecule has 1 aromatic carbocycles. The minimum atomic E-state index is -0.149. The summed E-state index contributed by atoms with van der Waals surface area (Å²) >= 11 is 0. The fraction of sp³-hybridized carbons (Fsp3) is 0.647. The Morgan fingerprint density at radius 1 is 1.40 bits per heavy atom. The molecule has 112 valence electrons. The zero-order valence-corrected chi connectivity index (χ0v) is 13.4. The minimum absolute atomic E-state index is 0.149. The van der Waals surface area contributed by atoms with Gasteiger partial charge in [-0.3, -0.25) is 0 Å². The van der Waals surface area contributed by atoms with E-state index < -0.39 is 0 Å². The van der Waals surface area contributed by atoms with E-state index in [0.717, 1.165) is 31.7 Å². The molecule has 0 spiro atoms. The van der Waals surface area contributed by atoms with Gasteiger partial charge in [0.2, 0.25) is 0 Å². The number of methoxy groups -OCH3 is 1. The third-order valence-electron chi connectivity index (χ3n) is 4.27. The molecule has 0 aromatic heterocycles. The van der Waals surface area contributed by atoms with Gasteiger partial charge in [-0.2, -0.15) is 0 Å². The Morgan fingerprint density at radius 3 is 2.70 bits per heavy atom. The summed E-state index contributed by atoms with van der Waals surface area (Å²) in [6.45, 7) is 10.4. The Morgan fingerprint density at radius 2 is 2.15 bits per heavy atom. The largest absolute Gasteiger partial charge is 0.496 e. The van der Waals surface area contributed by atoms with E-state index >= 15 is 0 Å². The number of rotatable bonds is 5. The molecule has 1 N–H and O–H groups in total. The number of aryl methyl sites for hydroxylation is 2. The van der Waals surface area contributed by atoms with E-state index in [-0.39, 0.29) is 11.6 Å². The average molecular weight is 277 g/mol. The first-order valence-corrected chi connectivity index (χ1v) is 7.54. The van der Waals surface area contributed by atoms with Crippen molar-refractivity contribution in [3.63, 3.8) is 0 Å². The molecule has 2 unspecified atom stereocenters. The first-order valence-electron chi connectivity index (χ1n) is 7.54. The molecular weight excluding hydrogens is 250 g/mol. The highest BCUT2D eigenvalue weighted by molar-refractivity contribution is 5.46. The molecule has 0 saturated carbocycles. The van der Waals surface area contributed by atoms with Crippen LogP contribution in [-0.4, -0.2) is 25.9 Å². The van der Waals surface area contributed by atoms with E-state index in [4.69, 9.17) is 9.47 Å². The van der Waals surface area contributed by atoms with Crippen molar-refractivity contribution < 1.29 is 9.47 Å². The van der Waals surface area contributed by atoms with Crippen LogP contribution >= 0.6 is 0 Å². The molecule has 0 radical (unpaired) electrons. The minimum Gasteiger partial charge on any atom is -0.496 e. The van der Waals surface area contributed by atoms with Crippen LogP contribution < -0.4 is 10.1 Å². The highest BCUT2D eigenvalue weighted by Gasteiger charge is 2.40. The van der Waals surface area contributed by atoms with Crippen LogP contribution in [0.1, 0.15) is 49.4 Å². The predicted octanol–water partition coefficient (Wildman–Crippen LogP) is 3.53. The van der Waals surface area contributed by atoms with Gasteiger partial charge in [0, 0.05) is 12.2 Å². The summed E-state index contributed by atoms with van der Waals surface area (Å²) in [7, 11) is 1.75. The molecule has 0 aliphatic carbocycles. The van der Waals surface area contributed by atoms with E-state index in [0.29, 0.717) is 0 Å². The van der Waals surface area contributed by atoms with Gasteiger partial charge in [0.1, 0.15) is 5.75 Å². The summed E-state index contributed by atoms with van der Waals surface area (Å²) in [5.41, 5.74) is 3.59. The van der Waals surface area contributed by atoms with Gasteiger partial charge in [-0.25, -0.2) is 0 Å². The molecule has 2 rings (SSSR count). The van der Waals surface area contributed by atoms with Crippen molar-refractivity contribution in [2.75, 3.05) is 20.3 Å². The average Bonchev–Trinajstić information content (AvgIpc) is 2.84. The number of nitrogens with one attached hydrogen (secondary N) is 1. The fourth-order valence-electron chi connectivity index (χ4n) is 3.33. The van der Waals surface area contributed by atoms with Crippen molar-refractivity contribution in [2.24, 2.45) is 0 Å². The fourth-order valence-corrected chi connectivity index (χ4v) is 3.33. The molecule has 0 amide bonds. The van der Waals surface area contributed by atoms with E-state index in [2.05, 4.69) is 45.1 Å². The Kier molecular flexibility index (Phi) is 4.71. The number of hydrogen-bond acceptors (Lipinski definition) is 3.